The number of fused-ring (bicyclic) bond motifs is 6. The maximum absolute atomic E-state index is 13.7. The van der Waals surface area contributed by atoms with E-state index in [0.29, 0.717) is 11.4 Å². The van der Waals surface area contributed by atoms with Crippen LogP contribution in [0.15, 0.2) is 98.4 Å². The third kappa shape index (κ3) is 8.81. The molecule has 2 unspecified atom stereocenters. The molecule has 0 aliphatic rings. The third-order valence-electron chi connectivity index (χ3n) is 13.0. The minimum Gasteiger partial charge on any atom is -0.384 e. The highest BCUT2D eigenvalue weighted by molar-refractivity contribution is 6.07. The Bertz CT molecular complexity index is 3250. The maximum atomic E-state index is 13.7. The first kappa shape index (κ1) is 47.8. The molecule has 0 fully saturated rings. The number of imidazole rings is 2. The molecule has 14 nitrogen and oxygen atoms in total. The largest absolute Gasteiger partial charge is 0.384 e. The van der Waals surface area contributed by atoms with Crippen molar-refractivity contribution in [3.63, 3.8) is 0 Å². The molecule has 360 valence electrons. The van der Waals surface area contributed by atoms with Crippen molar-refractivity contribution in [3.8, 4) is 22.5 Å². The quantitative estimate of drug-likeness (QED) is 0.120. The summed E-state index contributed by atoms with van der Waals surface area (Å²) in [6.45, 7) is 15.1. The van der Waals surface area contributed by atoms with Crippen LogP contribution in [0.5, 0.6) is 0 Å². The minimum atomic E-state index is -1.10. The minimum absolute atomic E-state index is 0.151. The predicted molar refractivity (Wildman–Crippen MR) is 269 cm³/mol. The van der Waals surface area contributed by atoms with Crippen LogP contribution in [0.2, 0.25) is 0 Å². The molecule has 0 radical (unpaired) electrons. The highest BCUT2D eigenvalue weighted by Gasteiger charge is 2.28. The van der Waals surface area contributed by atoms with Gasteiger partial charge >= 0.3 is 0 Å². The van der Waals surface area contributed by atoms with Crippen LogP contribution in [0, 0.1) is 25.5 Å². The fourth-order valence-electron chi connectivity index (χ4n) is 9.65. The molecule has 10 aromatic rings. The van der Waals surface area contributed by atoms with Crippen molar-refractivity contribution in [2.24, 2.45) is 14.1 Å². The molecule has 0 aliphatic carbocycles. The summed E-state index contributed by atoms with van der Waals surface area (Å²) in [5, 5.41) is 23.2. The van der Waals surface area contributed by atoms with Crippen molar-refractivity contribution in [1.82, 2.24) is 58.1 Å². The van der Waals surface area contributed by atoms with Crippen LogP contribution >= 0.6 is 0 Å². The monoisotopic (exact) mass is 944 g/mol. The van der Waals surface area contributed by atoms with Gasteiger partial charge in [0.15, 0.2) is 0 Å². The molecule has 2 atom stereocenters. The van der Waals surface area contributed by atoms with Crippen LogP contribution in [0.4, 0.5) is 8.78 Å². The lowest BCUT2D eigenvalue weighted by Crippen LogP contribution is -2.18. The number of aliphatic hydroxyl groups is 2. The summed E-state index contributed by atoms with van der Waals surface area (Å²) in [5.41, 5.74) is 11.5. The van der Waals surface area contributed by atoms with Crippen molar-refractivity contribution < 1.29 is 19.0 Å². The zero-order valence-electron chi connectivity index (χ0n) is 41.2. The Balaban J connectivity index is 0.000000174. The topological polar surface area (TPSA) is 163 Å². The molecule has 0 amide bonds. The number of aromatic nitrogens is 12. The second-order valence-corrected chi connectivity index (χ2v) is 19.2. The summed E-state index contributed by atoms with van der Waals surface area (Å²) in [5.74, 6) is -0.731. The van der Waals surface area contributed by atoms with Crippen LogP contribution in [0.3, 0.4) is 0 Å². The van der Waals surface area contributed by atoms with E-state index in [1.165, 1.54) is 24.5 Å². The molecule has 10 heterocycles. The third-order valence-corrected chi connectivity index (χ3v) is 13.0. The fraction of sp³-hybridized carbons (Fsp3) is 0.333. The van der Waals surface area contributed by atoms with Crippen molar-refractivity contribution in [3.05, 3.63) is 144 Å². The normalized spacial score (nSPS) is 13.1. The second-order valence-electron chi connectivity index (χ2n) is 19.2. The van der Waals surface area contributed by atoms with Crippen molar-refractivity contribution >= 4 is 43.9 Å². The number of rotatable bonds is 12. The van der Waals surface area contributed by atoms with Gasteiger partial charge in [-0.25, -0.2) is 18.7 Å². The van der Waals surface area contributed by atoms with Gasteiger partial charge in [-0.05, 0) is 103 Å². The van der Waals surface area contributed by atoms with Crippen LogP contribution in [0.1, 0.15) is 113 Å². The molecule has 0 aromatic carbocycles. The van der Waals surface area contributed by atoms with Crippen LogP contribution in [-0.4, -0.2) is 68.4 Å². The van der Waals surface area contributed by atoms with Crippen LogP contribution in [0.25, 0.3) is 66.4 Å². The van der Waals surface area contributed by atoms with E-state index >= 15 is 0 Å². The fourth-order valence-corrected chi connectivity index (χ4v) is 9.65. The van der Waals surface area contributed by atoms with Gasteiger partial charge in [-0.2, -0.15) is 0 Å². The first-order valence-electron chi connectivity index (χ1n) is 23.6. The molecule has 0 bridgehead atoms. The Morgan fingerprint density at radius 2 is 0.914 bits per heavy atom. The van der Waals surface area contributed by atoms with E-state index in [1.807, 2.05) is 61.6 Å². The Labute approximate surface area is 404 Å². The van der Waals surface area contributed by atoms with Crippen molar-refractivity contribution in [1.29, 1.82) is 0 Å². The standard InChI is InChI=1S/2C27H29FN6O/c2*1-6-7-21(20-9-8-18(28)13-29-20)34-22-11-24(27(3,4)35)30-14-19(22)25-23(34)10-17(12-31-25)26-16(2)32-15-33(26)5/h2*8-15,21,35H,6-7H2,1-5H3. The first-order valence-corrected chi connectivity index (χ1v) is 23.6. The lowest BCUT2D eigenvalue weighted by atomic mass is 10.0. The van der Waals surface area contributed by atoms with E-state index in [-0.39, 0.29) is 23.7 Å². The van der Waals surface area contributed by atoms with E-state index in [4.69, 9.17) is 9.97 Å². The summed E-state index contributed by atoms with van der Waals surface area (Å²) < 4.78 is 35.9. The summed E-state index contributed by atoms with van der Waals surface area (Å²) >= 11 is 0. The van der Waals surface area contributed by atoms with E-state index in [1.54, 1.807) is 64.9 Å². The molecule has 0 aliphatic heterocycles. The molecule has 16 heteroatoms. The second kappa shape index (κ2) is 18.6. The van der Waals surface area contributed by atoms with E-state index < -0.39 is 11.2 Å². The van der Waals surface area contributed by atoms with E-state index in [9.17, 15) is 19.0 Å². The zero-order valence-corrected chi connectivity index (χ0v) is 41.2. The Hall–Kier alpha value is -7.30. The number of nitrogens with zero attached hydrogens (tertiary/aromatic N) is 12. The van der Waals surface area contributed by atoms with Gasteiger partial charge in [0.25, 0.3) is 0 Å². The Morgan fingerprint density at radius 1 is 0.514 bits per heavy atom. The number of hydrogen-bond donors (Lipinski definition) is 2. The molecule has 0 spiro atoms. The molecule has 0 saturated carbocycles. The molecular formula is C54H58F2N12O2. The Kier molecular flexibility index (Phi) is 12.7. The van der Waals surface area contributed by atoms with E-state index in [2.05, 4.69) is 65.0 Å². The van der Waals surface area contributed by atoms with Gasteiger partial charge in [0.2, 0.25) is 0 Å². The molecular weight excluding hydrogens is 887 g/mol. The van der Waals surface area contributed by atoms with Crippen LogP contribution in [-0.2, 0) is 25.3 Å². The molecule has 0 saturated heterocycles. The molecule has 70 heavy (non-hydrogen) atoms. The zero-order chi connectivity index (χ0) is 49.8. The first-order chi connectivity index (χ1) is 33.4. The molecule has 2 N–H and O–H groups in total. The maximum Gasteiger partial charge on any atom is 0.141 e. The summed E-state index contributed by atoms with van der Waals surface area (Å²) in [7, 11) is 3.94. The lowest BCUT2D eigenvalue weighted by Gasteiger charge is -2.22. The summed E-state index contributed by atoms with van der Waals surface area (Å²) in [6, 6.07) is 14.2. The van der Waals surface area contributed by atoms with E-state index in [0.717, 1.165) is 115 Å². The Morgan fingerprint density at radius 3 is 1.23 bits per heavy atom. The SMILES string of the molecule is CCCC(c1ccc(F)cn1)n1c2cc(C(C)(C)O)ncc2c2ncc(-c3c(C)ncn3C)cc21.CCCC(c1ccc(F)cn1)n1c2cc(C(C)(C)O)ncc2c2ncc(-c3c(C)ncn3C)cc21. The van der Waals surface area contributed by atoms with Crippen molar-refractivity contribution in [2.45, 2.75) is 104 Å². The van der Waals surface area contributed by atoms with Gasteiger partial charge in [0, 0.05) is 60.8 Å². The number of halogens is 2. The highest BCUT2D eigenvalue weighted by Crippen LogP contribution is 2.40. The predicted octanol–water partition coefficient (Wildman–Crippen LogP) is 10.9. The van der Waals surface area contributed by atoms with Crippen LogP contribution < -0.4 is 0 Å². The van der Waals surface area contributed by atoms with Gasteiger partial charge in [-0.3, -0.25) is 29.9 Å². The van der Waals surface area contributed by atoms with Crippen molar-refractivity contribution in [2.75, 3.05) is 0 Å². The average molecular weight is 945 g/mol. The van der Waals surface area contributed by atoms with Gasteiger partial charge < -0.3 is 28.5 Å². The average Bonchev–Trinajstić information content (AvgIpc) is 4.05. The number of hydrogen-bond acceptors (Lipinski definition) is 10. The smallest absolute Gasteiger partial charge is 0.141 e. The summed E-state index contributed by atoms with van der Waals surface area (Å²) in [4.78, 5) is 36.6. The number of aryl methyl sites for hydroxylation is 4. The molecule has 10 rings (SSSR count). The molecule has 10 aromatic heterocycles. The number of pyridine rings is 6. The van der Waals surface area contributed by atoms with Gasteiger partial charge in [-0.15, -0.1) is 0 Å². The van der Waals surface area contributed by atoms with Gasteiger partial charge in [0.1, 0.15) is 22.8 Å². The van der Waals surface area contributed by atoms with Gasteiger partial charge in [0.05, 0.1) is 116 Å². The highest BCUT2D eigenvalue weighted by atomic mass is 19.1. The van der Waals surface area contributed by atoms with Gasteiger partial charge in [-0.1, -0.05) is 26.7 Å². The lowest BCUT2D eigenvalue weighted by molar-refractivity contribution is 0.0735. The summed E-state index contributed by atoms with van der Waals surface area (Å²) in [6.07, 6.45) is 16.8.